The third-order valence-electron chi connectivity index (χ3n) is 3.16. The van der Waals surface area contributed by atoms with Crippen molar-refractivity contribution in [1.82, 2.24) is 9.80 Å². The van der Waals surface area contributed by atoms with E-state index in [9.17, 15) is 0 Å². The largest absolute Gasteiger partial charge is 0.299 e. The molecule has 11 heavy (non-hydrogen) atoms. The Bertz CT molecular complexity index is 132. The highest BCUT2D eigenvalue weighted by Gasteiger charge is 2.33. The average molecular weight is 153 g/mol. The van der Waals surface area contributed by atoms with Crippen molar-refractivity contribution in [2.45, 2.75) is 31.3 Å². The Balaban J connectivity index is 2.07. The van der Waals surface area contributed by atoms with Gasteiger partial charge in [0.05, 0.1) is 0 Å². The zero-order valence-electron chi connectivity index (χ0n) is 7.29. The summed E-state index contributed by atoms with van der Waals surface area (Å²) in [7, 11) is 6.29. The first-order valence-corrected chi connectivity index (χ1v) is 4.55. The second kappa shape index (κ2) is 2.76. The maximum absolute atomic E-state index is 4.02. The van der Waals surface area contributed by atoms with Crippen LogP contribution in [0.1, 0.15) is 19.3 Å². The van der Waals surface area contributed by atoms with Gasteiger partial charge in [-0.25, -0.2) is 0 Å². The minimum atomic E-state index is 0.792. The Labute approximate surface area is 69.2 Å². The van der Waals surface area contributed by atoms with Gasteiger partial charge >= 0.3 is 0 Å². The number of piperidine rings is 1. The van der Waals surface area contributed by atoms with E-state index in [0.717, 1.165) is 12.1 Å². The molecule has 2 heteroatoms. The molecule has 0 aliphatic carbocycles. The molecule has 0 aromatic heterocycles. The van der Waals surface area contributed by atoms with Crippen LogP contribution in [0.4, 0.5) is 0 Å². The van der Waals surface area contributed by atoms with E-state index in [1.54, 1.807) is 0 Å². The smallest absolute Gasteiger partial charge is 0.0223 e. The summed E-state index contributed by atoms with van der Waals surface area (Å²) in [4.78, 5) is 4.78. The molecule has 2 saturated heterocycles. The molecule has 0 aromatic carbocycles. The summed E-state index contributed by atoms with van der Waals surface area (Å²) >= 11 is 0. The van der Waals surface area contributed by atoms with Crippen LogP contribution in [0.3, 0.4) is 0 Å². The van der Waals surface area contributed by atoms with Crippen LogP contribution in [-0.4, -0.2) is 42.0 Å². The van der Waals surface area contributed by atoms with E-state index < -0.39 is 0 Å². The Hall–Kier alpha value is -0.0800. The van der Waals surface area contributed by atoms with E-state index in [2.05, 4.69) is 23.9 Å². The van der Waals surface area contributed by atoms with Gasteiger partial charge in [0.15, 0.2) is 0 Å². The first-order valence-electron chi connectivity index (χ1n) is 4.55. The zero-order chi connectivity index (χ0) is 7.84. The van der Waals surface area contributed by atoms with Crippen molar-refractivity contribution in [1.29, 1.82) is 0 Å². The van der Waals surface area contributed by atoms with E-state index >= 15 is 0 Å². The van der Waals surface area contributed by atoms with Crippen molar-refractivity contribution < 1.29 is 0 Å². The average Bonchev–Trinajstić information content (AvgIpc) is 1.92. The SMILES string of the molecule is [CH2]N1CC2CCCC(C1)N2C. The summed E-state index contributed by atoms with van der Waals surface area (Å²) in [6.45, 7) is 2.35. The molecule has 2 rings (SSSR count). The summed E-state index contributed by atoms with van der Waals surface area (Å²) in [6.07, 6.45) is 4.17. The van der Waals surface area contributed by atoms with Gasteiger partial charge in [0.1, 0.15) is 0 Å². The fourth-order valence-corrected chi connectivity index (χ4v) is 2.41. The lowest BCUT2D eigenvalue weighted by Crippen LogP contribution is -2.57. The summed E-state index contributed by atoms with van der Waals surface area (Å²) in [5, 5.41) is 0. The number of fused-ring (bicyclic) bond motifs is 2. The van der Waals surface area contributed by atoms with Crippen LogP contribution in [0.5, 0.6) is 0 Å². The Morgan fingerprint density at radius 2 is 1.73 bits per heavy atom. The molecule has 2 unspecified atom stereocenters. The van der Waals surface area contributed by atoms with Crippen LogP contribution in [0.2, 0.25) is 0 Å². The quantitative estimate of drug-likeness (QED) is 0.511. The van der Waals surface area contributed by atoms with Crippen molar-refractivity contribution in [3.63, 3.8) is 0 Å². The molecular weight excluding hydrogens is 136 g/mol. The Morgan fingerprint density at radius 1 is 1.18 bits per heavy atom. The molecule has 2 aliphatic heterocycles. The molecule has 0 N–H and O–H groups in total. The molecular formula is C9H17N2. The first kappa shape index (κ1) is 7.56. The highest BCUT2D eigenvalue weighted by Crippen LogP contribution is 2.26. The fourth-order valence-electron chi connectivity index (χ4n) is 2.41. The van der Waals surface area contributed by atoms with Crippen LogP contribution < -0.4 is 0 Å². The van der Waals surface area contributed by atoms with E-state index in [4.69, 9.17) is 0 Å². The summed E-state index contributed by atoms with van der Waals surface area (Å²) in [6, 6.07) is 1.58. The summed E-state index contributed by atoms with van der Waals surface area (Å²) < 4.78 is 0. The van der Waals surface area contributed by atoms with Crippen LogP contribution in [0.25, 0.3) is 0 Å². The number of hydrogen-bond donors (Lipinski definition) is 0. The monoisotopic (exact) mass is 153 g/mol. The van der Waals surface area contributed by atoms with Crippen molar-refractivity contribution in [3.8, 4) is 0 Å². The molecule has 63 valence electrons. The molecule has 0 saturated carbocycles. The number of likely N-dealkylation sites (tertiary alicyclic amines) is 1. The molecule has 2 atom stereocenters. The maximum atomic E-state index is 4.02. The molecule has 2 nitrogen and oxygen atoms in total. The summed E-state index contributed by atoms with van der Waals surface area (Å²) in [5.41, 5.74) is 0. The summed E-state index contributed by atoms with van der Waals surface area (Å²) in [5.74, 6) is 0. The second-order valence-corrected chi connectivity index (χ2v) is 3.94. The van der Waals surface area contributed by atoms with Crippen LogP contribution in [0, 0.1) is 7.05 Å². The van der Waals surface area contributed by atoms with Gasteiger partial charge in [0, 0.05) is 32.2 Å². The van der Waals surface area contributed by atoms with Gasteiger partial charge in [0.25, 0.3) is 0 Å². The van der Waals surface area contributed by atoms with Crippen molar-refractivity contribution in [2.75, 3.05) is 20.1 Å². The van der Waals surface area contributed by atoms with E-state index in [1.165, 1.54) is 32.4 Å². The molecule has 2 heterocycles. The predicted octanol–water partition coefficient (Wildman–Crippen LogP) is 0.946. The van der Waals surface area contributed by atoms with Crippen LogP contribution in [-0.2, 0) is 0 Å². The molecule has 0 spiro atoms. The number of piperazine rings is 1. The third kappa shape index (κ3) is 1.30. The van der Waals surface area contributed by atoms with Crippen molar-refractivity contribution in [3.05, 3.63) is 7.05 Å². The predicted molar refractivity (Wildman–Crippen MR) is 46.1 cm³/mol. The lowest BCUT2D eigenvalue weighted by molar-refractivity contribution is 0.0292. The molecule has 2 fully saturated rings. The normalized spacial score (nSPS) is 40.9. The number of rotatable bonds is 0. The van der Waals surface area contributed by atoms with Gasteiger partial charge in [-0.05, 0) is 19.9 Å². The lowest BCUT2D eigenvalue weighted by Gasteiger charge is -2.47. The van der Waals surface area contributed by atoms with Gasteiger partial charge in [-0.15, -0.1) is 0 Å². The second-order valence-electron chi connectivity index (χ2n) is 3.94. The van der Waals surface area contributed by atoms with Gasteiger partial charge in [-0.1, -0.05) is 6.42 Å². The maximum Gasteiger partial charge on any atom is 0.0223 e. The van der Waals surface area contributed by atoms with E-state index in [0.29, 0.717) is 0 Å². The number of hydrogen-bond acceptors (Lipinski definition) is 2. The van der Waals surface area contributed by atoms with E-state index in [-0.39, 0.29) is 0 Å². The fraction of sp³-hybridized carbons (Fsp3) is 0.889. The number of nitrogens with zero attached hydrogens (tertiary/aromatic N) is 2. The van der Waals surface area contributed by atoms with E-state index in [1.807, 2.05) is 0 Å². The third-order valence-corrected chi connectivity index (χ3v) is 3.16. The first-order chi connectivity index (χ1) is 5.27. The molecule has 2 bridgehead atoms. The lowest BCUT2D eigenvalue weighted by atomic mass is 9.92. The Morgan fingerprint density at radius 3 is 2.27 bits per heavy atom. The Kier molecular flexibility index (Phi) is 1.90. The molecule has 2 aliphatic rings. The highest BCUT2D eigenvalue weighted by atomic mass is 15.3. The van der Waals surface area contributed by atoms with Crippen molar-refractivity contribution >= 4 is 0 Å². The molecule has 1 radical (unpaired) electrons. The minimum absolute atomic E-state index is 0.792. The van der Waals surface area contributed by atoms with Crippen LogP contribution in [0.15, 0.2) is 0 Å². The highest BCUT2D eigenvalue weighted by molar-refractivity contribution is 4.90. The topological polar surface area (TPSA) is 6.48 Å². The van der Waals surface area contributed by atoms with Crippen molar-refractivity contribution in [2.24, 2.45) is 0 Å². The van der Waals surface area contributed by atoms with Gasteiger partial charge in [0.2, 0.25) is 0 Å². The van der Waals surface area contributed by atoms with Gasteiger partial charge < -0.3 is 0 Å². The number of likely N-dealkylation sites (N-methyl/N-ethyl adjacent to an activating group) is 1. The standard InChI is InChI=1S/C9H17N2/c1-10-6-8-4-3-5-9(7-10)11(8)2/h8-9H,1,3-7H2,2H3. The molecule has 0 amide bonds. The van der Waals surface area contributed by atoms with Gasteiger partial charge in [-0.2, -0.15) is 0 Å². The zero-order valence-corrected chi connectivity index (χ0v) is 7.29. The van der Waals surface area contributed by atoms with Gasteiger partial charge in [-0.3, -0.25) is 9.80 Å². The molecule has 0 aromatic rings. The minimum Gasteiger partial charge on any atom is -0.299 e. The van der Waals surface area contributed by atoms with Crippen LogP contribution >= 0.6 is 0 Å².